The summed E-state index contributed by atoms with van der Waals surface area (Å²) < 4.78 is 17.5. The third kappa shape index (κ3) is 5.32. The second kappa shape index (κ2) is 10.6. The molecule has 0 unspecified atom stereocenters. The summed E-state index contributed by atoms with van der Waals surface area (Å²) in [6, 6.07) is 1.80. The van der Waals surface area contributed by atoms with Crippen LogP contribution in [0.4, 0.5) is 10.2 Å². The van der Waals surface area contributed by atoms with Gasteiger partial charge >= 0.3 is 0 Å². The number of aryl methyl sites for hydroxylation is 1. The maximum absolute atomic E-state index is 15.5. The topological polar surface area (TPSA) is 68.2 Å². The Morgan fingerprint density at radius 2 is 2.09 bits per heavy atom. The van der Waals surface area contributed by atoms with Crippen molar-refractivity contribution in [3.8, 4) is 0 Å². The molecule has 5 nitrogen and oxygen atoms in total. The Hall–Kier alpha value is -2.60. The molecule has 7 heteroatoms. The van der Waals surface area contributed by atoms with Gasteiger partial charge in [0, 0.05) is 25.4 Å². The van der Waals surface area contributed by atoms with Gasteiger partial charge in [0.05, 0.1) is 10.7 Å². The van der Waals surface area contributed by atoms with Gasteiger partial charge in [-0.25, -0.2) is 14.4 Å². The van der Waals surface area contributed by atoms with Gasteiger partial charge in [-0.15, -0.1) is 0 Å². The van der Waals surface area contributed by atoms with E-state index >= 15 is 4.39 Å². The molecule has 0 saturated heterocycles. The molecule has 1 aromatic carbocycles. The SMILES string of the molecule is C=CNCCC1(CCc2c(F)c(Cl)cc(Cc3nc(C)c4c(N)nccn34)c2CC(C)C)CCC1. The molecule has 0 radical (unpaired) electrons. The highest BCUT2D eigenvalue weighted by Gasteiger charge is 2.36. The highest BCUT2D eigenvalue weighted by Crippen LogP contribution is 2.48. The first-order chi connectivity index (χ1) is 16.7. The minimum Gasteiger partial charge on any atom is -0.391 e. The van der Waals surface area contributed by atoms with E-state index in [0.29, 0.717) is 24.6 Å². The van der Waals surface area contributed by atoms with Crippen molar-refractivity contribution in [2.24, 2.45) is 11.3 Å². The number of benzene rings is 1. The molecule has 1 fully saturated rings. The van der Waals surface area contributed by atoms with Gasteiger partial charge in [-0.05, 0) is 85.7 Å². The minimum absolute atomic E-state index is 0.192. The number of nitrogens with zero attached hydrogens (tertiary/aromatic N) is 3. The van der Waals surface area contributed by atoms with Gasteiger partial charge < -0.3 is 11.1 Å². The lowest BCUT2D eigenvalue weighted by Crippen LogP contribution is -2.33. The van der Waals surface area contributed by atoms with Crippen LogP contribution in [0.1, 0.15) is 74.2 Å². The van der Waals surface area contributed by atoms with E-state index in [-0.39, 0.29) is 16.3 Å². The zero-order valence-corrected chi connectivity index (χ0v) is 21.9. The number of halogens is 2. The monoisotopic (exact) mass is 497 g/mol. The molecule has 0 spiro atoms. The Morgan fingerprint density at radius 3 is 2.74 bits per heavy atom. The van der Waals surface area contributed by atoms with E-state index in [1.165, 1.54) is 19.3 Å². The van der Waals surface area contributed by atoms with Gasteiger partial charge in [0.25, 0.3) is 0 Å². The fourth-order valence-electron chi connectivity index (χ4n) is 5.60. The van der Waals surface area contributed by atoms with Crippen molar-refractivity contribution < 1.29 is 4.39 Å². The van der Waals surface area contributed by atoms with Crippen molar-refractivity contribution in [3.63, 3.8) is 0 Å². The summed E-state index contributed by atoms with van der Waals surface area (Å²) in [5.41, 5.74) is 11.0. The predicted molar refractivity (Wildman–Crippen MR) is 142 cm³/mol. The summed E-state index contributed by atoms with van der Waals surface area (Å²) in [4.78, 5) is 9.00. The van der Waals surface area contributed by atoms with Crippen LogP contribution in [0.3, 0.4) is 0 Å². The van der Waals surface area contributed by atoms with Crippen molar-refractivity contribution >= 4 is 22.9 Å². The number of imidazole rings is 1. The number of aromatic nitrogens is 3. The Labute approximate surface area is 213 Å². The average molecular weight is 498 g/mol. The van der Waals surface area contributed by atoms with Crippen LogP contribution in [0, 0.1) is 24.1 Å². The molecule has 3 aromatic rings. The van der Waals surface area contributed by atoms with E-state index in [4.69, 9.17) is 22.3 Å². The Bertz CT molecular complexity index is 1210. The van der Waals surface area contributed by atoms with E-state index in [2.05, 4.69) is 30.7 Å². The quantitative estimate of drug-likeness (QED) is 0.299. The molecule has 0 amide bonds. The molecule has 1 aliphatic carbocycles. The van der Waals surface area contributed by atoms with E-state index < -0.39 is 0 Å². The first kappa shape index (κ1) is 25.5. The minimum atomic E-state index is -0.262. The fourth-order valence-corrected chi connectivity index (χ4v) is 5.84. The molecule has 188 valence electrons. The molecule has 2 aromatic heterocycles. The zero-order chi connectivity index (χ0) is 25.2. The fraction of sp³-hybridized carbons (Fsp3) is 0.500. The number of nitrogens with one attached hydrogen (secondary N) is 1. The molecular formula is C28H37ClFN5. The maximum atomic E-state index is 15.5. The lowest BCUT2D eigenvalue weighted by molar-refractivity contribution is 0.107. The number of hydrogen-bond donors (Lipinski definition) is 2. The van der Waals surface area contributed by atoms with Crippen molar-refractivity contribution in [1.29, 1.82) is 0 Å². The first-order valence-electron chi connectivity index (χ1n) is 12.7. The molecular weight excluding hydrogens is 461 g/mol. The summed E-state index contributed by atoms with van der Waals surface area (Å²) in [6.45, 7) is 11.0. The maximum Gasteiger partial charge on any atom is 0.149 e. The Kier molecular flexibility index (Phi) is 7.70. The van der Waals surface area contributed by atoms with Crippen LogP contribution in [0.25, 0.3) is 5.52 Å². The molecule has 1 aliphatic rings. The summed E-state index contributed by atoms with van der Waals surface area (Å²) in [7, 11) is 0. The Balaban J connectivity index is 1.69. The van der Waals surface area contributed by atoms with E-state index in [0.717, 1.165) is 59.5 Å². The molecule has 0 bridgehead atoms. The summed E-state index contributed by atoms with van der Waals surface area (Å²) in [5.74, 6) is 1.44. The van der Waals surface area contributed by atoms with Gasteiger partial charge in [0.2, 0.25) is 0 Å². The number of nitrogens with two attached hydrogens (primary N) is 1. The van der Waals surface area contributed by atoms with Crippen molar-refractivity contribution in [3.05, 3.63) is 70.3 Å². The summed E-state index contributed by atoms with van der Waals surface area (Å²) in [5, 5.41) is 3.42. The van der Waals surface area contributed by atoms with E-state index in [9.17, 15) is 0 Å². The van der Waals surface area contributed by atoms with Crippen molar-refractivity contribution in [2.75, 3.05) is 12.3 Å². The smallest absolute Gasteiger partial charge is 0.149 e. The van der Waals surface area contributed by atoms with Gasteiger partial charge in [-0.1, -0.05) is 38.4 Å². The molecule has 0 atom stereocenters. The second-order valence-corrected chi connectivity index (χ2v) is 10.9. The molecule has 3 N–H and O–H groups in total. The third-order valence-electron chi connectivity index (χ3n) is 7.58. The molecule has 1 saturated carbocycles. The van der Waals surface area contributed by atoms with Crippen LogP contribution in [0.2, 0.25) is 5.02 Å². The number of hydrogen-bond acceptors (Lipinski definition) is 4. The second-order valence-electron chi connectivity index (χ2n) is 10.5. The van der Waals surface area contributed by atoms with E-state index in [1.54, 1.807) is 18.5 Å². The van der Waals surface area contributed by atoms with Crippen molar-refractivity contribution in [1.82, 2.24) is 19.7 Å². The van der Waals surface area contributed by atoms with Gasteiger partial charge in [0.15, 0.2) is 0 Å². The normalized spacial score (nSPS) is 14.9. The average Bonchev–Trinajstić information content (AvgIpc) is 3.10. The Morgan fingerprint density at radius 1 is 1.31 bits per heavy atom. The predicted octanol–water partition coefficient (Wildman–Crippen LogP) is 6.43. The van der Waals surface area contributed by atoms with Crippen LogP contribution in [-0.4, -0.2) is 20.9 Å². The van der Waals surface area contributed by atoms with Crippen LogP contribution >= 0.6 is 11.6 Å². The number of anilines is 1. The molecule has 4 rings (SSSR count). The van der Waals surface area contributed by atoms with Crippen LogP contribution in [0.15, 0.2) is 31.2 Å². The largest absolute Gasteiger partial charge is 0.391 e. The summed E-state index contributed by atoms with van der Waals surface area (Å²) in [6.07, 6.45) is 13.1. The van der Waals surface area contributed by atoms with Crippen LogP contribution in [-0.2, 0) is 19.3 Å². The number of nitrogen functional groups attached to an aromatic ring is 1. The molecule has 35 heavy (non-hydrogen) atoms. The van der Waals surface area contributed by atoms with E-state index in [1.807, 2.05) is 17.5 Å². The van der Waals surface area contributed by atoms with Crippen molar-refractivity contribution in [2.45, 2.75) is 72.1 Å². The molecule has 2 heterocycles. The van der Waals surface area contributed by atoms with Crippen LogP contribution in [0.5, 0.6) is 0 Å². The standard InChI is InChI=1S/C28H37ClFN5/c1-5-32-12-11-28(8-6-9-28)10-7-21-22(15-18(2)3)20(16-23(29)25(21)30)17-24-34-19(4)26-27(31)33-13-14-35(24)26/h5,13-14,16,18,32H,1,6-12,15,17H2,2-4H3,(H2,31,33). The summed E-state index contributed by atoms with van der Waals surface area (Å²) >= 11 is 6.49. The van der Waals surface area contributed by atoms with Gasteiger partial charge in [0.1, 0.15) is 23.0 Å². The molecule has 0 aliphatic heterocycles. The lowest BCUT2D eigenvalue weighted by atomic mass is 9.63. The van der Waals surface area contributed by atoms with Crippen LogP contribution < -0.4 is 11.1 Å². The highest BCUT2D eigenvalue weighted by molar-refractivity contribution is 6.30. The van der Waals surface area contributed by atoms with Gasteiger partial charge in [-0.2, -0.15) is 0 Å². The zero-order valence-electron chi connectivity index (χ0n) is 21.1. The number of rotatable bonds is 11. The third-order valence-corrected chi connectivity index (χ3v) is 7.86. The highest BCUT2D eigenvalue weighted by atomic mass is 35.5. The lowest BCUT2D eigenvalue weighted by Gasteiger charge is -2.42. The number of fused-ring (bicyclic) bond motifs is 1. The first-order valence-corrected chi connectivity index (χ1v) is 13.0. The van der Waals surface area contributed by atoms with Gasteiger partial charge in [-0.3, -0.25) is 4.40 Å².